The van der Waals surface area contributed by atoms with Gasteiger partial charge < -0.3 is 4.74 Å². The van der Waals surface area contributed by atoms with Gasteiger partial charge in [0.05, 0.1) is 6.61 Å². The van der Waals surface area contributed by atoms with Crippen LogP contribution in [-0.2, 0) is 6.42 Å². The van der Waals surface area contributed by atoms with E-state index in [0.29, 0.717) is 0 Å². The van der Waals surface area contributed by atoms with Crippen LogP contribution in [0.4, 0.5) is 0 Å². The number of carbonyl (C=O) groups is 1. The maximum absolute atomic E-state index is 11.4. The number of carbonyl (C=O) groups excluding carboxylic acids is 1. The summed E-state index contributed by atoms with van der Waals surface area (Å²) in [5, 5.41) is 0. The summed E-state index contributed by atoms with van der Waals surface area (Å²) in [7, 11) is -2.38. The first-order valence-electron chi connectivity index (χ1n) is 6.27. The van der Waals surface area contributed by atoms with Crippen molar-refractivity contribution in [2.45, 2.75) is 17.7 Å². The van der Waals surface area contributed by atoms with Gasteiger partial charge in [0.25, 0.3) is 0 Å². The Kier molecular flexibility index (Phi) is 2.49. The second kappa shape index (κ2) is 3.32. The Morgan fingerprint density at radius 1 is 1.17 bits per heavy atom. The lowest BCUT2D eigenvalue weighted by atomic mass is 10.0. The minimum Gasteiger partial charge on any atom is -0.493 e. The van der Waals surface area contributed by atoms with Gasteiger partial charge in [-0.1, -0.05) is 0 Å². The van der Waals surface area contributed by atoms with Crippen LogP contribution in [0.3, 0.4) is 0 Å². The zero-order chi connectivity index (χ0) is 13.7. The third-order valence-corrected chi connectivity index (χ3v) is 5.82. The van der Waals surface area contributed by atoms with Crippen molar-refractivity contribution in [1.29, 1.82) is 0 Å². The minimum atomic E-state index is -2.38. The Hall–Kier alpha value is -0.960. The average molecular weight is 268 g/mol. The summed E-state index contributed by atoms with van der Waals surface area (Å²) < 4.78 is 5.75. The van der Waals surface area contributed by atoms with Crippen LogP contribution in [0.5, 0.6) is 5.75 Å². The average Bonchev–Trinajstić information content (AvgIpc) is 2.24. The molecule has 1 aromatic rings. The molecule has 0 unspecified atom stereocenters. The summed E-state index contributed by atoms with van der Waals surface area (Å²) in [6.45, 7) is 0.786. The second-order valence-corrected chi connectivity index (χ2v) is 18.8. The number of rotatable bonds is 2. The largest absolute Gasteiger partial charge is 0.493 e. The van der Waals surface area contributed by atoms with Crippen LogP contribution in [0.25, 0.3) is 0 Å². The molecule has 102 valence electrons. The quantitative estimate of drug-likeness (QED) is 0.770. The van der Waals surface area contributed by atoms with Gasteiger partial charge in [-0.05, 0) is 66.7 Å². The molecule has 0 spiro atoms. The van der Waals surface area contributed by atoms with Gasteiger partial charge in [-0.2, -0.15) is 0 Å². The molecule has 0 N–H and O–H groups in total. The zero-order valence-electron chi connectivity index (χ0n) is 12.1. The normalized spacial score (nSPS) is 19.2. The summed E-state index contributed by atoms with van der Waals surface area (Å²) in [5.74, 6) is 0.973. The molecule has 0 radical (unpaired) electrons. The number of hydrogen-bond acceptors (Lipinski definition) is 2. The van der Waals surface area contributed by atoms with Gasteiger partial charge in [0, 0.05) is 5.56 Å². The number of hydrogen-bond donors (Lipinski definition) is 0. The van der Waals surface area contributed by atoms with Crippen LogP contribution in [0, 0.1) is 0 Å². The van der Waals surface area contributed by atoms with Crippen molar-refractivity contribution in [3.8, 4) is 5.75 Å². The highest BCUT2D eigenvalue weighted by molar-refractivity contribution is 8.62. The van der Waals surface area contributed by atoms with Crippen LogP contribution < -0.4 is 4.74 Å². The molecule has 0 amide bonds. The molecule has 0 saturated carbocycles. The molecule has 2 nitrogen and oxygen atoms in total. The molecule has 3 heteroatoms. The highest BCUT2D eigenvalue weighted by Gasteiger charge is 2.41. The molecule has 0 aliphatic carbocycles. The summed E-state index contributed by atoms with van der Waals surface area (Å²) in [6.07, 6.45) is 14.4. The Labute approximate surface area is 109 Å². The lowest BCUT2D eigenvalue weighted by molar-refractivity contribution is 0.112. The predicted octanol–water partition coefficient (Wildman–Crippen LogP) is 3.21. The lowest BCUT2D eigenvalue weighted by Gasteiger charge is -2.66. The van der Waals surface area contributed by atoms with E-state index in [2.05, 4.69) is 37.3 Å². The van der Waals surface area contributed by atoms with Crippen molar-refractivity contribution >= 4 is 14.6 Å². The van der Waals surface area contributed by atoms with Crippen molar-refractivity contribution in [2.24, 2.45) is 0 Å². The summed E-state index contributed by atoms with van der Waals surface area (Å²) in [6, 6.07) is 4.14. The molecule has 18 heavy (non-hydrogen) atoms. The standard InChI is InChI=1S/C15H24O2S/c1-18(2,3,4,5)15-10-14-12(7-6-8-17-14)9-13(15)11-16/h9-11H,6-8H2,1-5H3. The van der Waals surface area contributed by atoms with E-state index < -0.39 is 8.29 Å². The fourth-order valence-electron chi connectivity index (χ4n) is 2.38. The Morgan fingerprint density at radius 2 is 1.83 bits per heavy atom. The van der Waals surface area contributed by atoms with Crippen LogP contribution in [0.2, 0.25) is 0 Å². The third kappa shape index (κ3) is 2.56. The highest BCUT2D eigenvalue weighted by Crippen LogP contribution is 2.82. The van der Waals surface area contributed by atoms with E-state index in [0.717, 1.165) is 41.9 Å². The van der Waals surface area contributed by atoms with Crippen LogP contribution in [-0.4, -0.2) is 44.2 Å². The first-order valence-corrected chi connectivity index (χ1v) is 10.8. The van der Waals surface area contributed by atoms with E-state index in [-0.39, 0.29) is 0 Å². The first-order chi connectivity index (χ1) is 8.01. The SMILES string of the molecule is CS(C)(C)(C)(C)c1cc2c(cc1C=O)CCCO2. The smallest absolute Gasteiger partial charge is 0.151 e. The highest BCUT2D eigenvalue weighted by atomic mass is 32.4. The second-order valence-electron chi connectivity index (χ2n) is 8.17. The first kappa shape index (κ1) is 13.5. The van der Waals surface area contributed by atoms with E-state index in [4.69, 9.17) is 4.74 Å². The number of benzene rings is 1. The number of fused-ring (bicyclic) bond motifs is 1. The summed E-state index contributed by atoms with van der Waals surface area (Å²) >= 11 is 0. The predicted molar refractivity (Wildman–Crippen MR) is 81.1 cm³/mol. The summed E-state index contributed by atoms with van der Waals surface area (Å²) in [5.41, 5.74) is 2.01. The number of ether oxygens (including phenoxy) is 1. The van der Waals surface area contributed by atoms with Crippen molar-refractivity contribution in [1.82, 2.24) is 0 Å². The fourth-order valence-corrected chi connectivity index (χ4v) is 4.36. The van der Waals surface area contributed by atoms with E-state index in [1.807, 2.05) is 6.07 Å². The van der Waals surface area contributed by atoms with E-state index in [1.54, 1.807) is 0 Å². The molecule has 0 fully saturated rings. The van der Waals surface area contributed by atoms with Gasteiger partial charge in [-0.15, -0.1) is 0 Å². The molecule has 1 aromatic carbocycles. The van der Waals surface area contributed by atoms with Gasteiger partial charge in [0.2, 0.25) is 0 Å². The molecular weight excluding hydrogens is 244 g/mol. The maximum Gasteiger partial charge on any atom is 0.151 e. The van der Waals surface area contributed by atoms with E-state index in [9.17, 15) is 4.79 Å². The van der Waals surface area contributed by atoms with Crippen molar-refractivity contribution < 1.29 is 9.53 Å². The monoisotopic (exact) mass is 268 g/mol. The van der Waals surface area contributed by atoms with Crippen molar-refractivity contribution in [3.63, 3.8) is 0 Å². The molecule has 0 aromatic heterocycles. The number of aldehydes is 1. The van der Waals surface area contributed by atoms with E-state index >= 15 is 0 Å². The van der Waals surface area contributed by atoms with Gasteiger partial charge in [-0.25, -0.2) is 0 Å². The topological polar surface area (TPSA) is 26.3 Å². The van der Waals surface area contributed by atoms with Gasteiger partial charge in [0.15, 0.2) is 6.29 Å². The van der Waals surface area contributed by atoms with Crippen LogP contribution in [0.1, 0.15) is 22.3 Å². The van der Waals surface area contributed by atoms with Crippen molar-refractivity contribution in [3.05, 3.63) is 23.3 Å². The molecule has 1 heterocycles. The van der Waals surface area contributed by atoms with Gasteiger partial charge in [-0.3, -0.25) is 13.1 Å². The number of aryl methyl sites for hydroxylation is 1. The van der Waals surface area contributed by atoms with E-state index in [1.165, 1.54) is 5.56 Å². The minimum absolute atomic E-state index is 0.786. The Balaban J connectivity index is 2.72. The molecule has 1 aliphatic rings. The van der Waals surface area contributed by atoms with Crippen LogP contribution in [0.15, 0.2) is 17.0 Å². The van der Waals surface area contributed by atoms with Crippen LogP contribution >= 0.6 is 8.29 Å². The van der Waals surface area contributed by atoms with Gasteiger partial charge in [0.1, 0.15) is 5.75 Å². The Morgan fingerprint density at radius 3 is 2.39 bits per heavy atom. The molecule has 1 aliphatic heterocycles. The molecular formula is C15H24O2S. The third-order valence-electron chi connectivity index (χ3n) is 3.27. The fraction of sp³-hybridized carbons (Fsp3) is 0.533. The molecule has 0 bridgehead atoms. The maximum atomic E-state index is 11.4. The summed E-state index contributed by atoms with van der Waals surface area (Å²) in [4.78, 5) is 12.6. The van der Waals surface area contributed by atoms with Gasteiger partial charge >= 0.3 is 0 Å². The zero-order valence-corrected chi connectivity index (χ0v) is 12.9. The molecule has 0 saturated heterocycles. The van der Waals surface area contributed by atoms with Crippen molar-refractivity contribution in [2.75, 3.05) is 37.9 Å². The lowest BCUT2D eigenvalue weighted by Crippen LogP contribution is -2.31. The molecule has 2 rings (SSSR count). The Bertz CT molecular complexity index is 509. The molecule has 0 atom stereocenters.